The van der Waals surface area contributed by atoms with Gasteiger partial charge < -0.3 is 19.3 Å². The Kier molecular flexibility index (Phi) is 7.29. The van der Waals surface area contributed by atoms with E-state index in [2.05, 4.69) is 0 Å². The number of piperazine rings is 1. The van der Waals surface area contributed by atoms with Crippen LogP contribution in [0.4, 0.5) is 0 Å². The molecule has 0 N–H and O–H groups in total. The molecule has 1 aliphatic rings. The van der Waals surface area contributed by atoms with E-state index < -0.39 is 12.2 Å². The van der Waals surface area contributed by atoms with Crippen LogP contribution in [-0.2, 0) is 19.1 Å². The zero-order valence-electron chi connectivity index (χ0n) is 14.7. The highest BCUT2D eigenvalue weighted by Crippen LogP contribution is 2.10. The van der Waals surface area contributed by atoms with E-state index in [0.29, 0.717) is 26.2 Å². The molecule has 2 atom stereocenters. The second-order valence-electron chi connectivity index (χ2n) is 6.30. The van der Waals surface area contributed by atoms with Gasteiger partial charge in [-0.1, -0.05) is 0 Å². The van der Waals surface area contributed by atoms with Gasteiger partial charge in [0.1, 0.15) is 12.2 Å². The molecule has 22 heavy (non-hydrogen) atoms. The molecule has 1 aliphatic heterocycles. The summed E-state index contributed by atoms with van der Waals surface area (Å²) in [7, 11) is 0. The van der Waals surface area contributed by atoms with E-state index in [0.717, 1.165) is 0 Å². The van der Waals surface area contributed by atoms with Crippen LogP contribution in [0, 0.1) is 0 Å². The molecule has 1 saturated heterocycles. The molecule has 6 heteroatoms. The van der Waals surface area contributed by atoms with Gasteiger partial charge in [-0.15, -0.1) is 0 Å². The fourth-order valence-corrected chi connectivity index (χ4v) is 2.59. The van der Waals surface area contributed by atoms with Crippen LogP contribution in [0.1, 0.15) is 41.5 Å². The van der Waals surface area contributed by atoms with E-state index in [9.17, 15) is 9.59 Å². The number of hydrogen-bond donors (Lipinski definition) is 0. The Bertz CT molecular complexity index is 340. The number of carbonyl (C=O) groups is 2. The van der Waals surface area contributed by atoms with Crippen LogP contribution in [0.25, 0.3) is 0 Å². The van der Waals surface area contributed by atoms with Crippen molar-refractivity contribution in [3.8, 4) is 0 Å². The summed E-state index contributed by atoms with van der Waals surface area (Å²) in [5, 5.41) is 0. The van der Waals surface area contributed by atoms with Crippen molar-refractivity contribution in [1.29, 1.82) is 0 Å². The second-order valence-corrected chi connectivity index (χ2v) is 6.30. The molecular weight excluding hydrogens is 284 g/mol. The number of nitrogens with zero attached hydrogens (tertiary/aromatic N) is 2. The first-order chi connectivity index (χ1) is 10.2. The molecule has 2 unspecified atom stereocenters. The van der Waals surface area contributed by atoms with E-state index in [1.54, 1.807) is 23.6 Å². The Morgan fingerprint density at radius 2 is 0.955 bits per heavy atom. The number of amides is 2. The topological polar surface area (TPSA) is 59.1 Å². The fourth-order valence-electron chi connectivity index (χ4n) is 2.59. The molecule has 0 radical (unpaired) electrons. The highest BCUT2D eigenvalue weighted by atomic mass is 16.5. The lowest BCUT2D eigenvalue weighted by molar-refractivity contribution is -0.153. The number of ether oxygens (including phenoxy) is 2. The lowest BCUT2D eigenvalue weighted by Gasteiger charge is -2.37. The average Bonchev–Trinajstić information content (AvgIpc) is 2.44. The van der Waals surface area contributed by atoms with Crippen molar-refractivity contribution in [2.75, 3.05) is 26.2 Å². The molecule has 0 aliphatic carbocycles. The third-order valence-electron chi connectivity index (χ3n) is 3.55. The average molecular weight is 314 g/mol. The maximum atomic E-state index is 12.3. The molecule has 6 nitrogen and oxygen atoms in total. The molecule has 2 amide bonds. The molecule has 0 aromatic heterocycles. The Morgan fingerprint density at radius 1 is 0.682 bits per heavy atom. The van der Waals surface area contributed by atoms with E-state index in [1.807, 2.05) is 27.7 Å². The SMILES string of the molecule is CC(C)OC(C)C(=O)N1CCN(C(=O)C(C)OC(C)C)CC1. The maximum absolute atomic E-state index is 12.3. The molecule has 0 aromatic rings. The van der Waals surface area contributed by atoms with Crippen LogP contribution in [0.2, 0.25) is 0 Å². The minimum Gasteiger partial charge on any atom is -0.366 e. The van der Waals surface area contributed by atoms with Gasteiger partial charge in [0.2, 0.25) is 0 Å². The normalized spacial score (nSPS) is 18.7. The van der Waals surface area contributed by atoms with E-state index >= 15 is 0 Å². The van der Waals surface area contributed by atoms with Crippen molar-refractivity contribution in [2.45, 2.75) is 66.0 Å². The van der Waals surface area contributed by atoms with Crippen LogP contribution in [0.3, 0.4) is 0 Å². The molecule has 1 heterocycles. The van der Waals surface area contributed by atoms with Gasteiger partial charge in [-0.05, 0) is 41.5 Å². The summed E-state index contributed by atoms with van der Waals surface area (Å²) in [5.74, 6) is -0.0143. The van der Waals surface area contributed by atoms with Gasteiger partial charge in [0.05, 0.1) is 12.2 Å². The lowest BCUT2D eigenvalue weighted by atomic mass is 10.2. The minimum atomic E-state index is -0.439. The molecule has 0 aromatic carbocycles. The summed E-state index contributed by atoms with van der Waals surface area (Å²) >= 11 is 0. The number of carbonyl (C=O) groups excluding carboxylic acids is 2. The van der Waals surface area contributed by atoms with Crippen LogP contribution in [-0.4, -0.2) is 72.2 Å². The molecule has 0 saturated carbocycles. The van der Waals surface area contributed by atoms with Crippen molar-refractivity contribution in [1.82, 2.24) is 9.80 Å². The minimum absolute atomic E-state index is 0.00715. The summed E-state index contributed by atoms with van der Waals surface area (Å²) in [6.45, 7) is 13.4. The van der Waals surface area contributed by atoms with E-state index in [1.165, 1.54) is 0 Å². The molecule has 128 valence electrons. The van der Waals surface area contributed by atoms with Crippen LogP contribution >= 0.6 is 0 Å². The van der Waals surface area contributed by atoms with Gasteiger partial charge >= 0.3 is 0 Å². The number of hydrogen-bond acceptors (Lipinski definition) is 4. The monoisotopic (exact) mass is 314 g/mol. The quantitative estimate of drug-likeness (QED) is 0.741. The molecule has 1 fully saturated rings. The zero-order chi connectivity index (χ0) is 16.9. The summed E-state index contributed by atoms with van der Waals surface area (Å²) in [5.41, 5.74) is 0. The molecular formula is C16H30N2O4. The first-order valence-electron chi connectivity index (χ1n) is 8.10. The standard InChI is InChI=1S/C16H30N2O4/c1-11(2)21-13(5)15(19)17-7-9-18(10-8-17)16(20)14(6)22-12(3)4/h11-14H,7-10H2,1-6H3. The maximum Gasteiger partial charge on any atom is 0.251 e. The second kappa shape index (κ2) is 8.48. The Balaban J connectivity index is 2.46. The van der Waals surface area contributed by atoms with Crippen LogP contribution in [0.5, 0.6) is 0 Å². The van der Waals surface area contributed by atoms with Crippen LogP contribution in [0.15, 0.2) is 0 Å². The fraction of sp³-hybridized carbons (Fsp3) is 0.875. The highest BCUT2D eigenvalue weighted by molar-refractivity contribution is 5.82. The van der Waals surface area contributed by atoms with Crippen LogP contribution < -0.4 is 0 Å². The van der Waals surface area contributed by atoms with Gasteiger partial charge in [-0.2, -0.15) is 0 Å². The predicted octanol–water partition coefficient (Wildman–Crippen LogP) is 1.28. The Hall–Kier alpha value is -1.14. The summed E-state index contributed by atoms with van der Waals surface area (Å²) in [4.78, 5) is 28.1. The first kappa shape index (κ1) is 18.9. The van der Waals surface area contributed by atoms with E-state index in [4.69, 9.17) is 9.47 Å². The highest BCUT2D eigenvalue weighted by Gasteiger charge is 2.29. The van der Waals surface area contributed by atoms with Gasteiger partial charge in [0.15, 0.2) is 0 Å². The number of rotatable bonds is 6. The summed E-state index contributed by atoms with van der Waals surface area (Å²) in [6, 6.07) is 0. The third kappa shape index (κ3) is 5.57. The van der Waals surface area contributed by atoms with Gasteiger partial charge in [0, 0.05) is 26.2 Å². The van der Waals surface area contributed by atoms with Crippen molar-refractivity contribution in [2.24, 2.45) is 0 Å². The van der Waals surface area contributed by atoms with Gasteiger partial charge in [-0.3, -0.25) is 9.59 Å². The van der Waals surface area contributed by atoms with Gasteiger partial charge in [-0.25, -0.2) is 0 Å². The Labute approximate surface area is 133 Å². The Morgan fingerprint density at radius 3 is 1.18 bits per heavy atom. The zero-order valence-corrected chi connectivity index (χ0v) is 14.7. The molecule has 0 bridgehead atoms. The van der Waals surface area contributed by atoms with Crippen molar-refractivity contribution < 1.29 is 19.1 Å². The van der Waals surface area contributed by atoms with Crippen molar-refractivity contribution >= 4 is 11.8 Å². The molecule has 0 spiro atoms. The largest absolute Gasteiger partial charge is 0.366 e. The van der Waals surface area contributed by atoms with E-state index in [-0.39, 0.29) is 24.0 Å². The van der Waals surface area contributed by atoms with Crippen molar-refractivity contribution in [3.63, 3.8) is 0 Å². The van der Waals surface area contributed by atoms with Crippen molar-refractivity contribution in [3.05, 3.63) is 0 Å². The summed E-state index contributed by atoms with van der Waals surface area (Å²) < 4.78 is 11.1. The first-order valence-corrected chi connectivity index (χ1v) is 8.10. The lowest BCUT2D eigenvalue weighted by Crippen LogP contribution is -2.54. The predicted molar refractivity (Wildman–Crippen MR) is 84.5 cm³/mol. The smallest absolute Gasteiger partial charge is 0.251 e. The third-order valence-corrected chi connectivity index (χ3v) is 3.55. The molecule has 1 rings (SSSR count). The summed E-state index contributed by atoms with van der Waals surface area (Å²) in [6.07, 6.45) is -0.831. The van der Waals surface area contributed by atoms with Gasteiger partial charge in [0.25, 0.3) is 11.8 Å².